The van der Waals surface area contributed by atoms with Gasteiger partial charge in [0.2, 0.25) is 29.5 Å². The zero-order valence-electron chi connectivity index (χ0n) is 37.1. The monoisotopic (exact) mass is 951 g/mol. The first-order chi connectivity index (χ1) is 32.6. The van der Waals surface area contributed by atoms with Gasteiger partial charge in [-0.25, -0.2) is 23.7 Å². The van der Waals surface area contributed by atoms with Gasteiger partial charge in [-0.3, -0.25) is 43.7 Å². The lowest BCUT2D eigenvalue weighted by Crippen LogP contribution is -2.54. The molecule has 1 unspecified atom stereocenters. The van der Waals surface area contributed by atoms with Crippen LogP contribution in [0.1, 0.15) is 82.1 Å². The van der Waals surface area contributed by atoms with Gasteiger partial charge >= 0.3 is 10.2 Å². The zero-order chi connectivity index (χ0) is 48.0. The lowest BCUT2D eigenvalue weighted by molar-refractivity contribution is -0.136. The number of ketones is 1. The number of hydrogen-bond donors (Lipinski definition) is 3. The topological polar surface area (TPSA) is 231 Å². The number of nitrogens with zero attached hydrogens (tertiary/aromatic N) is 8. The van der Waals surface area contributed by atoms with Crippen molar-refractivity contribution in [1.29, 1.82) is 0 Å². The van der Waals surface area contributed by atoms with E-state index < -0.39 is 68.5 Å². The number of aromatic amines is 1. The number of nitrogens with one attached hydrogen (secondary N) is 3. The number of halogens is 2. The molecule has 0 saturated carbocycles. The number of hydrogen-bond acceptors (Lipinski definition) is 13. The summed E-state index contributed by atoms with van der Waals surface area (Å²) in [6.45, 7) is 4.94. The molecule has 3 fully saturated rings. The maximum Gasteiger partial charge on any atom is 0.301 e. The van der Waals surface area contributed by atoms with E-state index in [0.717, 1.165) is 34.2 Å². The smallest absolute Gasteiger partial charge is 0.301 e. The van der Waals surface area contributed by atoms with Crippen LogP contribution >= 0.6 is 0 Å². The molecule has 7 heterocycles. The Hall–Kier alpha value is -7.20. The molecule has 0 radical (unpaired) electrons. The second-order valence-corrected chi connectivity index (χ2v) is 19.0. The van der Waals surface area contributed by atoms with E-state index in [2.05, 4.69) is 34.9 Å². The molecule has 5 aromatic rings. The third kappa shape index (κ3) is 8.64. The second-order valence-electron chi connectivity index (χ2n) is 17.2. The fourth-order valence-corrected chi connectivity index (χ4v) is 10.1. The maximum atomic E-state index is 15.6. The van der Waals surface area contributed by atoms with Gasteiger partial charge in [-0.15, -0.1) is 0 Å². The number of imide groups is 2. The van der Waals surface area contributed by atoms with Gasteiger partial charge in [0.1, 0.15) is 17.5 Å². The molecule has 1 atom stereocenters. The molecule has 0 bridgehead atoms. The predicted octanol–water partition coefficient (Wildman–Crippen LogP) is 3.88. The van der Waals surface area contributed by atoms with E-state index in [9.17, 15) is 37.2 Å². The van der Waals surface area contributed by atoms with Crippen LogP contribution in [0.15, 0.2) is 61.2 Å². The molecule has 354 valence electrons. The van der Waals surface area contributed by atoms with Crippen LogP contribution in [0, 0.1) is 17.6 Å². The quantitative estimate of drug-likeness (QED) is 0.113. The Labute approximate surface area is 389 Å². The second kappa shape index (κ2) is 18.5. The van der Waals surface area contributed by atoms with Crippen molar-refractivity contribution in [2.75, 3.05) is 67.4 Å². The van der Waals surface area contributed by atoms with Crippen molar-refractivity contribution < 1.29 is 46.0 Å². The number of piperidine rings is 2. The molecule has 68 heavy (non-hydrogen) atoms. The van der Waals surface area contributed by atoms with Crippen LogP contribution in [0.2, 0.25) is 0 Å². The van der Waals surface area contributed by atoms with Gasteiger partial charge in [0, 0.05) is 113 Å². The van der Waals surface area contributed by atoms with Crippen LogP contribution in [0.5, 0.6) is 0 Å². The van der Waals surface area contributed by atoms with E-state index in [1.54, 1.807) is 43.7 Å². The Morgan fingerprint density at radius 1 is 0.882 bits per heavy atom. The zero-order valence-corrected chi connectivity index (χ0v) is 37.9. The third-order valence-electron chi connectivity index (χ3n) is 13.2. The summed E-state index contributed by atoms with van der Waals surface area (Å²) in [4.78, 5) is 102. The van der Waals surface area contributed by atoms with Crippen molar-refractivity contribution >= 4 is 73.9 Å². The Balaban J connectivity index is 0.773. The molecule has 19 nitrogen and oxygen atoms in total. The van der Waals surface area contributed by atoms with Gasteiger partial charge in [0.25, 0.3) is 11.8 Å². The highest BCUT2D eigenvalue weighted by atomic mass is 32.2. The number of amides is 5. The van der Waals surface area contributed by atoms with E-state index in [0.29, 0.717) is 80.8 Å². The van der Waals surface area contributed by atoms with Gasteiger partial charge in [0.15, 0.2) is 5.82 Å². The molecule has 9 rings (SSSR count). The minimum absolute atomic E-state index is 0.0468. The van der Waals surface area contributed by atoms with Gasteiger partial charge in [-0.1, -0.05) is 13.0 Å². The minimum atomic E-state index is -4.17. The Morgan fingerprint density at radius 3 is 2.31 bits per heavy atom. The van der Waals surface area contributed by atoms with E-state index in [-0.39, 0.29) is 53.0 Å². The van der Waals surface area contributed by atoms with E-state index in [4.69, 9.17) is 0 Å². The number of rotatable bonds is 13. The van der Waals surface area contributed by atoms with E-state index in [1.807, 2.05) is 15.9 Å². The molecule has 4 aliphatic heterocycles. The highest BCUT2D eigenvalue weighted by Gasteiger charge is 2.46. The fraction of sp³-hybridized carbons (Fsp3) is 0.370. The van der Waals surface area contributed by atoms with Crippen LogP contribution in [-0.2, 0) is 24.6 Å². The molecule has 0 aliphatic carbocycles. The maximum absolute atomic E-state index is 15.6. The summed E-state index contributed by atoms with van der Waals surface area (Å²) in [6, 6.07) is 7.45. The van der Waals surface area contributed by atoms with Crippen molar-refractivity contribution in [3.8, 4) is 11.1 Å². The Kier molecular flexibility index (Phi) is 12.5. The lowest BCUT2D eigenvalue weighted by Gasteiger charge is -2.36. The first-order valence-electron chi connectivity index (χ1n) is 22.3. The molecule has 3 saturated heterocycles. The summed E-state index contributed by atoms with van der Waals surface area (Å²) in [6.07, 6.45) is 8.86. The molecule has 5 amide bonds. The number of carbonyl (C=O) groups excluding carboxylic acids is 6. The normalized spacial score (nSPS) is 18.2. The standard InChI is InChI=1S/C46H47F2N11O8S/c1-3-55(2)68(66,67)54-33-9-8-32(47)39(40(33)48)41(62)31-25-50-42-30(31)21-27(22-49-42)28-23-51-46(52-24-28)58-19-17-57(18-20-58)37(61)12-7-26-13-15-56(16-14-26)34-6-4-5-29-38(34)45(65)59(44(29)64)35-10-11-36(60)53-43(35)63/h4-6,8-9,21-26,35,54H,3,7,10-20H2,1-2H3,(H,49,50)(H,53,60,63). The molecular weight excluding hydrogens is 905 g/mol. The largest absolute Gasteiger partial charge is 0.371 e. The van der Waals surface area contributed by atoms with Gasteiger partial charge in [-0.2, -0.15) is 12.7 Å². The van der Waals surface area contributed by atoms with Crippen molar-refractivity contribution in [3.05, 3.63) is 95.1 Å². The fourth-order valence-electron chi connectivity index (χ4n) is 9.21. The summed E-state index contributed by atoms with van der Waals surface area (Å²) in [5.74, 6) is -4.87. The lowest BCUT2D eigenvalue weighted by atomic mass is 9.91. The van der Waals surface area contributed by atoms with Gasteiger partial charge < -0.3 is 19.7 Å². The average Bonchev–Trinajstić information content (AvgIpc) is 3.88. The summed E-state index contributed by atoms with van der Waals surface area (Å²) in [5, 5.41) is 2.50. The van der Waals surface area contributed by atoms with Crippen LogP contribution in [0.25, 0.3) is 22.2 Å². The number of benzene rings is 2. The minimum Gasteiger partial charge on any atom is -0.371 e. The number of carbonyl (C=O) groups is 6. The molecule has 2 aromatic carbocycles. The number of fused-ring (bicyclic) bond motifs is 2. The molecule has 3 aromatic heterocycles. The van der Waals surface area contributed by atoms with Crippen molar-refractivity contribution in [2.24, 2.45) is 5.92 Å². The molecule has 3 N–H and O–H groups in total. The van der Waals surface area contributed by atoms with Crippen molar-refractivity contribution in [2.45, 2.75) is 51.5 Å². The number of piperazine rings is 1. The Bertz CT molecular complexity index is 2990. The Morgan fingerprint density at radius 2 is 1.60 bits per heavy atom. The average molecular weight is 952 g/mol. The molecule has 22 heteroatoms. The summed E-state index contributed by atoms with van der Waals surface area (Å²) < 4.78 is 58.8. The summed E-state index contributed by atoms with van der Waals surface area (Å²) >= 11 is 0. The van der Waals surface area contributed by atoms with Crippen molar-refractivity contribution in [1.82, 2.24) is 39.4 Å². The van der Waals surface area contributed by atoms with Gasteiger partial charge in [-0.05, 0) is 61.9 Å². The van der Waals surface area contributed by atoms with E-state index >= 15 is 8.78 Å². The first-order valence-corrected chi connectivity index (χ1v) is 23.8. The molecular formula is C46H47F2N11O8S. The number of aromatic nitrogens is 4. The van der Waals surface area contributed by atoms with Crippen LogP contribution in [-0.4, -0.2) is 137 Å². The summed E-state index contributed by atoms with van der Waals surface area (Å²) in [7, 11) is -2.88. The highest BCUT2D eigenvalue weighted by Crippen LogP contribution is 2.37. The predicted molar refractivity (Wildman–Crippen MR) is 244 cm³/mol. The summed E-state index contributed by atoms with van der Waals surface area (Å²) in [5.41, 5.74) is 0.935. The highest BCUT2D eigenvalue weighted by molar-refractivity contribution is 7.90. The van der Waals surface area contributed by atoms with Gasteiger partial charge in [0.05, 0.1) is 28.1 Å². The van der Waals surface area contributed by atoms with Crippen LogP contribution in [0.4, 0.5) is 26.1 Å². The number of pyridine rings is 1. The first kappa shape index (κ1) is 45.9. The number of H-pyrrole nitrogens is 1. The molecule has 4 aliphatic rings. The van der Waals surface area contributed by atoms with Crippen molar-refractivity contribution in [3.63, 3.8) is 0 Å². The van der Waals surface area contributed by atoms with Crippen LogP contribution < -0.4 is 19.8 Å². The third-order valence-corrected chi connectivity index (χ3v) is 14.8. The van der Waals surface area contributed by atoms with Crippen LogP contribution in [0.3, 0.4) is 0 Å². The molecule has 0 spiro atoms. The SMILES string of the molecule is CCN(C)S(=O)(=O)Nc1ccc(F)c(C(=O)c2c[nH]c3ncc(-c4cnc(N5CCN(C(=O)CCC6CCN(c7cccc8c7C(=O)N(C7CCC(=O)NC7=O)C8=O)CC6)CC5)nc4)cc23)c1F. The van der Waals surface area contributed by atoms with E-state index in [1.165, 1.54) is 13.2 Å². The number of anilines is 3.